The average molecular weight is 410 g/mol. The van der Waals surface area contributed by atoms with Crippen LogP contribution in [0.2, 0.25) is 0 Å². The van der Waals surface area contributed by atoms with Crippen molar-refractivity contribution in [3.63, 3.8) is 0 Å². The van der Waals surface area contributed by atoms with Crippen molar-refractivity contribution in [2.45, 2.75) is 39.7 Å². The molecular weight excluding hydrogens is 386 g/mol. The number of hydrogen-bond acceptors (Lipinski definition) is 5. The first-order valence-electron chi connectivity index (χ1n) is 9.72. The SMILES string of the molecule is Cc1ccc(-c2csc(NC(=O)[C@H](C)N3C(=O)[C@H]4CC=CC[C@H]4C3=O)n2)cc1C. The number of benzene rings is 1. The quantitative estimate of drug-likeness (QED) is 0.617. The number of nitrogens with one attached hydrogen (secondary N) is 1. The Hall–Kier alpha value is -2.80. The zero-order chi connectivity index (χ0) is 20.7. The van der Waals surface area contributed by atoms with Crippen molar-refractivity contribution in [2.24, 2.45) is 11.8 Å². The lowest BCUT2D eigenvalue weighted by atomic mass is 9.85. The molecule has 0 unspecified atom stereocenters. The number of anilines is 1. The molecule has 6 nitrogen and oxygen atoms in total. The first-order valence-corrected chi connectivity index (χ1v) is 10.6. The van der Waals surface area contributed by atoms with Gasteiger partial charge in [-0.3, -0.25) is 19.3 Å². The van der Waals surface area contributed by atoms with Crippen LogP contribution in [-0.4, -0.2) is 33.6 Å². The maximum atomic E-state index is 12.7. The third-order valence-corrected chi connectivity index (χ3v) is 6.60. The van der Waals surface area contributed by atoms with E-state index in [1.807, 2.05) is 36.6 Å². The number of allylic oxidation sites excluding steroid dienone is 2. The zero-order valence-electron chi connectivity index (χ0n) is 16.6. The Balaban J connectivity index is 1.47. The largest absolute Gasteiger partial charge is 0.300 e. The van der Waals surface area contributed by atoms with E-state index in [9.17, 15) is 14.4 Å². The van der Waals surface area contributed by atoms with E-state index in [0.717, 1.165) is 16.2 Å². The normalized spacial score (nSPS) is 22.0. The van der Waals surface area contributed by atoms with Gasteiger partial charge in [-0.05, 0) is 50.8 Å². The van der Waals surface area contributed by atoms with Gasteiger partial charge in [-0.2, -0.15) is 0 Å². The molecule has 1 saturated heterocycles. The Morgan fingerprint density at radius 2 is 1.79 bits per heavy atom. The van der Waals surface area contributed by atoms with E-state index in [0.29, 0.717) is 18.0 Å². The third kappa shape index (κ3) is 3.51. The fraction of sp³-hybridized carbons (Fsp3) is 0.364. The van der Waals surface area contributed by atoms with Crippen LogP contribution >= 0.6 is 11.3 Å². The molecule has 1 aliphatic heterocycles. The summed E-state index contributed by atoms with van der Waals surface area (Å²) in [6, 6.07) is 5.25. The Kier molecular flexibility index (Phi) is 5.08. The third-order valence-electron chi connectivity index (χ3n) is 5.85. The molecule has 4 rings (SSSR count). The smallest absolute Gasteiger partial charge is 0.249 e. The van der Waals surface area contributed by atoms with Gasteiger partial charge in [0.25, 0.3) is 0 Å². The number of nitrogens with zero attached hydrogens (tertiary/aromatic N) is 2. The Morgan fingerprint density at radius 3 is 2.41 bits per heavy atom. The number of fused-ring (bicyclic) bond motifs is 1. The van der Waals surface area contributed by atoms with Gasteiger partial charge in [0.05, 0.1) is 17.5 Å². The van der Waals surface area contributed by atoms with Crippen LogP contribution in [0, 0.1) is 25.7 Å². The van der Waals surface area contributed by atoms with Crippen LogP contribution < -0.4 is 5.32 Å². The molecule has 3 atom stereocenters. The number of hydrogen-bond donors (Lipinski definition) is 1. The molecule has 2 heterocycles. The summed E-state index contributed by atoms with van der Waals surface area (Å²) in [6.07, 6.45) is 4.99. The number of carbonyl (C=O) groups is 3. The average Bonchev–Trinajstić information content (AvgIpc) is 3.27. The molecule has 150 valence electrons. The van der Waals surface area contributed by atoms with E-state index >= 15 is 0 Å². The summed E-state index contributed by atoms with van der Waals surface area (Å²) in [6.45, 7) is 5.70. The first kappa shape index (κ1) is 19.5. The van der Waals surface area contributed by atoms with Crippen LogP contribution in [0.15, 0.2) is 35.7 Å². The Morgan fingerprint density at radius 1 is 1.14 bits per heavy atom. The molecule has 7 heteroatoms. The molecule has 3 amide bonds. The monoisotopic (exact) mass is 409 g/mol. The highest BCUT2D eigenvalue weighted by Crippen LogP contribution is 2.36. The van der Waals surface area contributed by atoms with Crippen molar-refractivity contribution in [3.05, 3.63) is 46.9 Å². The molecule has 1 aromatic heterocycles. The van der Waals surface area contributed by atoms with E-state index < -0.39 is 11.9 Å². The molecular formula is C22H23N3O3S. The number of amides is 3. The minimum absolute atomic E-state index is 0.248. The van der Waals surface area contributed by atoms with Crippen molar-refractivity contribution in [3.8, 4) is 11.3 Å². The summed E-state index contributed by atoms with van der Waals surface area (Å²) in [5.41, 5.74) is 4.16. The van der Waals surface area contributed by atoms with Crippen LogP contribution in [-0.2, 0) is 14.4 Å². The predicted octanol–water partition coefficient (Wildman–Crippen LogP) is 3.71. The van der Waals surface area contributed by atoms with E-state index in [2.05, 4.69) is 23.3 Å². The van der Waals surface area contributed by atoms with E-state index in [-0.39, 0.29) is 23.7 Å². The minimum Gasteiger partial charge on any atom is -0.300 e. The maximum Gasteiger partial charge on any atom is 0.249 e. The maximum absolute atomic E-state index is 12.7. The van der Waals surface area contributed by atoms with Crippen molar-refractivity contribution in [2.75, 3.05) is 5.32 Å². The molecule has 0 saturated carbocycles. The fourth-order valence-corrected chi connectivity index (χ4v) is 4.62. The van der Waals surface area contributed by atoms with Gasteiger partial charge in [0.2, 0.25) is 17.7 Å². The summed E-state index contributed by atoms with van der Waals surface area (Å²) in [5.74, 6) is -1.57. The second-order valence-corrected chi connectivity index (χ2v) is 8.56. The number of imide groups is 1. The molecule has 0 spiro atoms. The molecule has 1 N–H and O–H groups in total. The van der Waals surface area contributed by atoms with E-state index in [1.165, 1.54) is 22.5 Å². The number of carbonyl (C=O) groups excluding carboxylic acids is 3. The van der Waals surface area contributed by atoms with Gasteiger partial charge in [0.15, 0.2) is 5.13 Å². The van der Waals surface area contributed by atoms with Crippen LogP contribution in [0.4, 0.5) is 5.13 Å². The van der Waals surface area contributed by atoms with Crippen LogP contribution in [0.5, 0.6) is 0 Å². The molecule has 1 aromatic carbocycles. The molecule has 0 bridgehead atoms. The van der Waals surface area contributed by atoms with Gasteiger partial charge in [-0.25, -0.2) is 4.98 Å². The summed E-state index contributed by atoms with van der Waals surface area (Å²) in [7, 11) is 0. The predicted molar refractivity (Wildman–Crippen MR) is 112 cm³/mol. The number of thiazole rings is 1. The first-order chi connectivity index (χ1) is 13.9. The number of rotatable bonds is 4. The van der Waals surface area contributed by atoms with Gasteiger partial charge in [-0.1, -0.05) is 24.3 Å². The lowest BCUT2D eigenvalue weighted by molar-refractivity contribution is -0.146. The van der Waals surface area contributed by atoms with Crippen LogP contribution in [0.3, 0.4) is 0 Å². The van der Waals surface area contributed by atoms with Gasteiger partial charge < -0.3 is 5.32 Å². The molecule has 1 fully saturated rings. The summed E-state index contributed by atoms with van der Waals surface area (Å²) >= 11 is 1.32. The zero-order valence-corrected chi connectivity index (χ0v) is 17.5. The topological polar surface area (TPSA) is 79.4 Å². The molecule has 2 aromatic rings. The lowest BCUT2D eigenvalue weighted by Gasteiger charge is -2.21. The Bertz CT molecular complexity index is 1000. The van der Waals surface area contributed by atoms with Gasteiger partial charge in [0.1, 0.15) is 6.04 Å². The molecule has 2 aliphatic rings. The second-order valence-electron chi connectivity index (χ2n) is 7.70. The van der Waals surface area contributed by atoms with Gasteiger partial charge >= 0.3 is 0 Å². The van der Waals surface area contributed by atoms with Crippen LogP contribution in [0.25, 0.3) is 11.3 Å². The number of aromatic nitrogens is 1. The summed E-state index contributed by atoms with van der Waals surface area (Å²) in [4.78, 5) is 43.7. The highest BCUT2D eigenvalue weighted by atomic mass is 32.1. The number of aryl methyl sites for hydroxylation is 2. The van der Waals surface area contributed by atoms with Gasteiger partial charge in [-0.15, -0.1) is 11.3 Å². The highest BCUT2D eigenvalue weighted by molar-refractivity contribution is 7.14. The van der Waals surface area contributed by atoms with Crippen LogP contribution in [0.1, 0.15) is 30.9 Å². The number of likely N-dealkylation sites (tertiary alicyclic amines) is 1. The molecule has 1 aliphatic carbocycles. The fourth-order valence-electron chi connectivity index (χ4n) is 3.90. The van der Waals surface area contributed by atoms with E-state index in [1.54, 1.807) is 6.92 Å². The van der Waals surface area contributed by atoms with Crippen molar-refractivity contribution < 1.29 is 14.4 Å². The van der Waals surface area contributed by atoms with Crippen molar-refractivity contribution in [1.82, 2.24) is 9.88 Å². The molecule has 0 radical (unpaired) electrons. The lowest BCUT2D eigenvalue weighted by Crippen LogP contribution is -2.46. The molecule has 29 heavy (non-hydrogen) atoms. The van der Waals surface area contributed by atoms with E-state index in [4.69, 9.17) is 0 Å². The highest BCUT2D eigenvalue weighted by Gasteiger charge is 2.50. The van der Waals surface area contributed by atoms with Crippen molar-refractivity contribution >= 4 is 34.2 Å². The van der Waals surface area contributed by atoms with Crippen molar-refractivity contribution in [1.29, 1.82) is 0 Å². The standard InChI is InChI=1S/C22H23N3O3S/c1-12-8-9-15(10-13(12)2)18-11-29-22(23-18)24-19(26)14(3)25-20(27)16-6-4-5-7-17(16)21(25)28/h4-5,8-11,14,16-17H,6-7H2,1-3H3,(H,23,24,26)/t14-,16-,17+/m0/s1. The Labute approximate surface area is 173 Å². The summed E-state index contributed by atoms with van der Waals surface area (Å²) < 4.78 is 0. The second kappa shape index (κ2) is 7.55. The van der Waals surface area contributed by atoms with Gasteiger partial charge in [0, 0.05) is 10.9 Å². The summed E-state index contributed by atoms with van der Waals surface area (Å²) in [5, 5.41) is 5.10. The minimum atomic E-state index is -0.866.